The number of benzene rings is 2. The Morgan fingerprint density at radius 3 is 2.55 bits per heavy atom. The summed E-state index contributed by atoms with van der Waals surface area (Å²) in [6, 6.07) is 10.5. The third-order valence-electron chi connectivity index (χ3n) is 5.23. The van der Waals surface area contributed by atoms with Gasteiger partial charge in [-0.05, 0) is 49.2 Å². The van der Waals surface area contributed by atoms with Gasteiger partial charge in [0.1, 0.15) is 11.3 Å². The van der Waals surface area contributed by atoms with Gasteiger partial charge >= 0.3 is 5.69 Å². The first-order chi connectivity index (χ1) is 14.9. The van der Waals surface area contributed by atoms with E-state index in [2.05, 4.69) is 15.5 Å². The van der Waals surface area contributed by atoms with Crippen LogP contribution in [0.2, 0.25) is 5.02 Å². The number of carbonyl (C=O) groups is 1. The lowest BCUT2D eigenvalue weighted by atomic mass is 9.96. The molecule has 0 saturated heterocycles. The molecule has 2 aromatic carbocycles. The molecule has 10 heteroatoms. The van der Waals surface area contributed by atoms with Crippen molar-refractivity contribution in [3.05, 3.63) is 74.9 Å². The monoisotopic (exact) mass is 442 g/mol. The van der Waals surface area contributed by atoms with E-state index in [0.717, 1.165) is 25.7 Å². The Morgan fingerprint density at radius 2 is 1.94 bits per heavy atom. The molecule has 1 N–H and O–H groups in total. The molecule has 31 heavy (non-hydrogen) atoms. The fourth-order valence-corrected chi connectivity index (χ4v) is 3.85. The molecule has 1 aromatic heterocycles. The molecule has 0 spiro atoms. The average molecular weight is 443 g/mol. The van der Waals surface area contributed by atoms with Crippen LogP contribution in [-0.4, -0.2) is 21.0 Å². The second-order valence-corrected chi connectivity index (χ2v) is 7.81. The SMILES string of the molecule is Cc1nc(C2(NC(=O)c3ccc(Oc4ccc(Cl)cc4[N+](=O)[O-])cc3)CCCC2)no1. The van der Waals surface area contributed by atoms with E-state index in [1.165, 1.54) is 18.2 Å². The smallest absolute Gasteiger partial charge is 0.313 e. The van der Waals surface area contributed by atoms with Crippen LogP contribution in [0.1, 0.15) is 47.8 Å². The second kappa shape index (κ2) is 8.35. The molecule has 4 rings (SSSR count). The van der Waals surface area contributed by atoms with Crippen LogP contribution < -0.4 is 10.1 Å². The number of halogens is 1. The van der Waals surface area contributed by atoms with Crippen molar-refractivity contribution in [3.63, 3.8) is 0 Å². The normalized spacial score (nSPS) is 14.9. The zero-order valence-corrected chi connectivity index (χ0v) is 17.4. The summed E-state index contributed by atoms with van der Waals surface area (Å²) in [7, 11) is 0. The van der Waals surface area contributed by atoms with Crippen molar-refractivity contribution in [1.82, 2.24) is 15.5 Å². The molecule has 0 unspecified atom stereocenters. The molecule has 1 amide bonds. The number of aromatic nitrogens is 2. The highest BCUT2D eigenvalue weighted by Gasteiger charge is 2.41. The summed E-state index contributed by atoms with van der Waals surface area (Å²) in [5.41, 5.74) is -0.467. The molecular formula is C21H19ClN4O5. The molecular weight excluding hydrogens is 424 g/mol. The zero-order chi connectivity index (χ0) is 22.0. The van der Waals surface area contributed by atoms with Crippen molar-refractivity contribution < 1.29 is 19.0 Å². The fourth-order valence-electron chi connectivity index (χ4n) is 3.69. The number of nitro benzene ring substituents is 1. The number of rotatable bonds is 6. The third kappa shape index (κ3) is 4.36. The van der Waals surface area contributed by atoms with E-state index < -0.39 is 10.5 Å². The van der Waals surface area contributed by atoms with Gasteiger partial charge in [0.2, 0.25) is 11.6 Å². The van der Waals surface area contributed by atoms with Gasteiger partial charge in [0.15, 0.2) is 5.82 Å². The van der Waals surface area contributed by atoms with Crippen LogP contribution in [0.3, 0.4) is 0 Å². The summed E-state index contributed by atoms with van der Waals surface area (Å²) < 4.78 is 10.7. The standard InChI is InChI=1S/C21H19ClN4O5/c1-13-23-20(25-31-13)21(10-2-3-11-21)24-19(27)14-4-7-16(8-5-14)30-18-9-6-15(22)12-17(18)26(28)29/h4-9,12H,2-3,10-11H2,1H3,(H,24,27). The van der Waals surface area contributed by atoms with Crippen molar-refractivity contribution in [2.75, 3.05) is 0 Å². The molecule has 0 bridgehead atoms. The van der Waals surface area contributed by atoms with E-state index in [4.69, 9.17) is 20.9 Å². The Labute approximate surface area is 182 Å². The van der Waals surface area contributed by atoms with Crippen LogP contribution in [0.15, 0.2) is 47.0 Å². The van der Waals surface area contributed by atoms with Gasteiger partial charge in [-0.2, -0.15) is 4.98 Å². The van der Waals surface area contributed by atoms with Crippen molar-refractivity contribution in [3.8, 4) is 11.5 Å². The average Bonchev–Trinajstić information content (AvgIpc) is 3.39. The van der Waals surface area contributed by atoms with E-state index in [0.29, 0.717) is 23.0 Å². The van der Waals surface area contributed by atoms with Gasteiger partial charge in [-0.15, -0.1) is 0 Å². The number of nitrogens with one attached hydrogen (secondary N) is 1. The van der Waals surface area contributed by atoms with Crippen LogP contribution in [0.5, 0.6) is 11.5 Å². The molecule has 0 radical (unpaired) electrons. The second-order valence-electron chi connectivity index (χ2n) is 7.38. The van der Waals surface area contributed by atoms with Gasteiger partial charge in [0.25, 0.3) is 5.91 Å². The van der Waals surface area contributed by atoms with Crippen molar-refractivity contribution in [2.24, 2.45) is 0 Å². The van der Waals surface area contributed by atoms with Crippen LogP contribution in [-0.2, 0) is 5.54 Å². The van der Waals surface area contributed by atoms with Gasteiger partial charge in [-0.3, -0.25) is 14.9 Å². The number of ether oxygens (including phenoxy) is 1. The minimum absolute atomic E-state index is 0.0592. The maximum absolute atomic E-state index is 12.9. The van der Waals surface area contributed by atoms with Crippen molar-refractivity contribution in [1.29, 1.82) is 0 Å². The van der Waals surface area contributed by atoms with Crippen molar-refractivity contribution in [2.45, 2.75) is 38.1 Å². The Morgan fingerprint density at radius 1 is 1.23 bits per heavy atom. The summed E-state index contributed by atoms with van der Waals surface area (Å²) in [4.78, 5) is 27.9. The topological polar surface area (TPSA) is 120 Å². The summed E-state index contributed by atoms with van der Waals surface area (Å²) in [5.74, 6) is 1.09. The molecule has 1 fully saturated rings. The summed E-state index contributed by atoms with van der Waals surface area (Å²) in [5, 5.41) is 18.5. The number of nitro groups is 1. The highest BCUT2D eigenvalue weighted by atomic mass is 35.5. The highest BCUT2D eigenvalue weighted by Crippen LogP contribution is 2.38. The number of amides is 1. The lowest BCUT2D eigenvalue weighted by molar-refractivity contribution is -0.385. The molecule has 0 aliphatic heterocycles. The van der Waals surface area contributed by atoms with Crippen LogP contribution >= 0.6 is 11.6 Å². The Balaban J connectivity index is 1.51. The van der Waals surface area contributed by atoms with E-state index in [9.17, 15) is 14.9 Å². The van der Waals surface area contributed by atoms with Gasteiger partial charge in [0, 0.05) is 23.6 Å². The fraction of sp³-hybridized carbons (Fsp3) is 0.286. The van der Waals surface area contributed by atoms with Crippen molar-refractivity contribution >= 4 is 23.2 Å². The quantitative estimate of drug-likeness (QED) is 0.424. The third-order valence-corrected chi connectivity index (χ3v) is 5.46. The molecule has 3 aromatic rings. The summed E-state index contributed by atoms with van der Waals surface area (Å²) in [6.45, 7) is 1.71. The maximum Gasteiger partial charge on any atom is 0.313 e. The maximum atomic E-state index is 12.9. The lowest BCUT2D eigenvalue weighted by Crippen LogP contribution is -2.44. The molecule has 1 aliphatic carbocycles. The first-order valence-corrected chi connectivity index (χ1v) is 10.1. The molecule has 160 valence electrons. The van der Waals surface area contributed by atoms with Gasteiger partial charge in [0.05, 0.1) is 4.92 Å². The van der Waals surface area contributed by atoms with Gasteiger partial charge in [-0.1, -0.05) is 29.6 Å². The van der Waals surface area contributed by atoms with E-state index in [-0.39, 0.29) is 22.4 Å². The predicted molar refractivity (Wildman–Crippen MR) is 111 cm³/mol. The summed E-state index contributed by atoms with van der Waals surface area (Å²) >= 11 is 5.83. The Bertz CT molecular complexity index is 1120. The molecule has 1 aliphatic rings. The van der Waals surface area contributed by atoms with E-state index in [1.54, 1.807) is 31.2 Å². The number of hydrogen-bond acceptors (Lipinski definition) is 7. The van der Waals surface area contributed by atoms with Crippen LogP contribution in [0.4, 0.5) is 5.69 Å². The number of carbonyl (C=O) groups excluding carboxylic acids is 1. The number of hydrogen-bond donors (Lipinski definition) is 1. The summed E-state index contributed by atoms with van der Waals surface area (Å²) in [6.07, 6.45) is 3.39. The Kier molecular flexibility index (Phi) is 5.60. The molecule has 9 nitrogen and oxygen atoms in total. The lowest BCUT2D eigenvalue weighted by Gasteiger charge is -2.26. The van der Waals surface area contributed by atoms with Crippen LogP contribution in [0, 0.1) is 17.0 Å². The van der Waals surface area contributed by atoms with E-state index >= 15 is 0 Å². The minimum atomic E-state index is -0.645. The predicted octanol–water partition coefficient (Wildman–Crippen LogP) is 4.93. The minimum Gasteiger partial charge on any atom is -0.450 e. The van der Waals surface area contributed by atoms with Gasteiger partial charge < -0.3 is 14.6 Å². The van der Waals surface area contributed by atoms with Gasteiger partial charge in [-0.25, -0.2) is 0 Å². The van der Waals surface area contributed by atoms with Crippen LogP contribution in [0.25, 0.3) is 0 Å². The van der Waals surface area contributed by atoms with E-state index in [1.807, 2.05) is 0 Å². The molecule has 1 saturated carbocycles. The molecule has 1 heterocycles. The Hall–Kier alpha value is -3.46. The first kappa shape index (κ1) is 20.8. The zero-order valence-electron chi connectivity index (χ0n) is 16.6. The number of aryl methyl sites for hydroxylation is 1. The highest BCUT2D eigenvalue weighted by molar-refractivity contribution is 6.30. The number of nitrogens with zero attached hydrogens (tertiary/aromatic N) is 3. The largest absolute Gasteiger partial charge is 0.450 e. The first-order valence-electron chi connectivity index (χ1n) is 9.71. The molecule has 0 atom stereocenters.